The number of sulfonamides is 1. The molecule has 0 amide bonds. The Balaban J connectivity index is 2.68. The molecule has 1 unspecified atom stereocenters. The molecule has 15 heavy (non-hydrogen) atoms. The van der Waals surface area contributed by atoms with E-state index in [0.29, 0.717) is 11.4 Å². The zero-order valence-corrected chi connectivity index (χ0v) is 10.2. The second-order valence-electron chi connectivity index (χ2n) is 3.11. The van der Waals surface area contributed by atoms with Crippen molar-refractivity contribution < 1.29 is 13.5 Å². The highest BCUT2D eigenvalue weighted by Crippen LogP contribution is 2.17. The molecule has 7 heteroatoms. The van der Waals surface area contributed by atoms with Crippen LogP contribution in [-0.2, 0) is 10.0 Å². The minimum atomic E-state index is -3.50. The average Bonchev–Trinajstić information content (AvgIpc) is 2.62. The van der Waals surface area contributed by atoms with Gasteiger partial charge in [-0.15, -0.1) is 11.3 Å². The zero-order chi connectivity index (χ0) is 11.5. The molecule has 0 radical (unpaired) electrons. The third kappa shape index (κ3) is 3.53. The number of rotatable bonds is 5. The van der Waals surface area contributed by atoms with Crippen LogP contribution in [0.1, 0.15) is 18.4 Å². The van der Waals surface area contributed by atoms with Crippen LogP contribution in [0.15, 0.2) is 10.4 Å². The Hall–Kier alpha value is -0.500. The molecule has 0 fully saturated rings. The fraction of sp³-hybridized carbons (Fsp3) is 0.625. The van der Waals surface area contributed by atoms with Crippen molar-refractivity contribution in [1.29, 1.82) is 0 Å². The number of aromatic nitrogens is 1. The van der Waals surface area contributed by atoms with Crippen molar-refractivity contribution in [2.75, 3.05) is 6.54 Å². The summed E-state index contributed by atoms with van der Waals surface area (Å²) in [6, 6.07) is 0. The molecule has 0 aliphatic heterocycles. The second-order valence-corrected chi connectivity index (χ2v) is 6.34. The maximum absolute atomic E-state index is 11.6. The summed E-state index contributed by atoms with van der Waals surface area (Å²) in [7, 11) is -3.50. The van der Waals surface area contributed by atoms with Crippen LogP contribution < -0.4 is 4.72 Å². The van der Waals surface area contributed by atoms with Gasteiger partial charge in [0.05, 0.1) is 17.3 Å². The average molecular weight is 250 g/mol. The standard InChI is InChI=1S/C8H14N2O3S2/c1-3-7(11)4-10-15(12,13)8-5-9-6(2)14-8/h5,7,10-11H,3-4H2,1-2H3. The van der Waals surface area contributed by atoms with E-state index < -0.39 is 16.1 Å². The molecule has 0 saturated carbocycles. The molecule has 5 nitrogen and oxygen atoms in total. The highest BCUT2D eigenvalue weighted by Gasteiger charge is 2.17. The molecule has 0 spiro atoms. The largest absolute Gasteiger partial charge is 0.392 e. The van der Waals surface area contributed by atoms with Gasteiger partial charge >= 0.3 is 0 Å². The van der Waals surface area contributed by atoms with Crippen LogP contribution in [0.5, 0.6) is 0 Å². The van der Waals surface area contributed by atoms with Gasteiger partial charge in [-0.25, -0.2) is 18.1 Å². The van der Waals surface area contributed by atoms with Crippen LogP contribution >= 0.6 is 11.3 Å². The van der Waals surface area contributed by atoms with E-state index in [1.807, 2.05) is 0 Å². The quantitative estimate of drug-likeness (QED) is 0.797. The lowest BCUT2D eigenvalue weighted by Gasteiger charge is -2.08. The van der Waals surface area contributed by atoms with Gasteiger partial charge in [-0.2, -0.15) is 0 Å². The third-order valence-electron chi connectivity index (χ3n) is 1.85. The molecule has 2 N–H and O–H groups in total. The molecule has 0 aromatic carbocycles. The molecule has 1 aromatic rings. The van der Waals surface area contributed by atoms with Crippen molar-refractivity contribution in [1.82, 2.24) is 9.71 Å². The Kier molecular flexibility index (Phi) is 4.21. The summed E-state index contributed by atoms with van der Waals surface area (Å²) in [5.41, 5.74) is 0. The van der Waals surface area contributed by atoms with E-state index in [4.69, 9.17) is 0 Å². The molecular formula is C8H14N2O3S2. The van der Waals surface area contributed by atoms with Gasteiger partial charge in [-0.05, 0) is 13.3 Å². The van der Waals surface area contributed by atoms with Crippen molar-refractivity contribution in [2.24, 2.45) is 0 Å². The van der Waals surface area contributed by atoms with Gasteiger partial charge in [-0.3, -0.25) is 0 Å². The van der Waals surface area contributed by atoms with Gasteiger partial charge in [-0.1, -0.05) is 6.92 Å². The van der Waals surface area contributed by atoms with Crippen LogP contribution in [0.4, 0.5) is 0 Å². The number of hydrogen-bond donors (Lipinski definition) is 2. The van der Waals surface area contributed by atoms with Crippen LogP contribution in [-0.4, -0.2) is 31.2 Å². The topological polar surface area (TPSA) is 79.3 Å². The molecule has 1 rings (SSSR count). The lowest BCUT2D eigenvalue weighted by atomic mass is 10.3. The fourth-order valence-electron chi connectivity index (χ4n) is 0.887. The summed E-state index contributed by atoms with van der Waals surface area (Å²) >= 11 is 1.11. The van der Waals surface area contributed by atoms with Gasteiger partial charge in [0.25, 0.3) is 10.0 Å². The van der Waals surface area contributed by atoms with Crippen LogP contribution in [0.2, 0.25) is 0 Å². The van der Waals surface area contributed by atoms with Crippen molar-refractivity contribution in [3.8, 4) is 0 Å². The lowest BCUT2D eigenvalue weighted by molar-refractivity contribution is 0.174. The van der Waals surface area contributed by atoms with Gasteiger partial charge in [0.1, 0.15) is 0 Å². The van der Waals surface area contributed by atoms with Gasteiger partial charge in [0.15, 0.2) is 4.21 Å². The van der Waals surface area contributed by atoms with E-state index in [1.165, 1.54) is 6.20 Å². The van der Waals surface area contributed by atoms with Gasteiger partial charge < -0.3 is 5.11 Å². The third-order valence-corrected chi connectivity index (χ3v) is 4.64. The summed E-state index contributed by atoms with van der Waals surface area (Å²) in [6.07, 6.45) is 1.19. The molecule has 86 valence electrons. The van der Waals surface area contributed by atoms with Crippen molar-refractivity contribution in [3.63, 3.8) is 0 Å². The minimum absolute atomic E-state index is 0.0375. The maximum Gasteiger partial charge on any atom is 0.251 e. The summed E-state index contributed by atoms with van der Waals surface area (Å²) < 4.78 is 25.7. The van der Waals surface area contributed by atoms with Crippen molar-refractivity contribution in [2.45, 2.75) is 30.6 Å². The number of aryl methyl sites for hydroxylation is 1. The van der Waals surface area contributed by atoms with Crippen LogP contribution in [0, 0.1) is 6.92 Å². The summed E-state index contributed by atoms with van der Waals surface area (Å²) in [5, 5.41) is 9.93. The zero-order valence-electron chi connectivity index (χ0n) is 8.60. The van der Waals surface area contributed by atoms with E-state index in [9.17, 15) is 13.5 Å². The molecule has 0 aliphatic carbocycles. The first-order chi connectivity index (χ1) is 6.95. The monoisotopic (exact) mass is 250 g/mol. The second kappa shape index (κ2) is 5.02. The van der Waals surface area contributed by atoms with Crippen LogP contribution in [0.3, 0.4) is 0 Å². The summed E-state index contributed by atoms with van der Waals surface area (Å²) in [6.45, 7) is 3.57. The van der Waals surface area contributed by atoms with Gasteiger partial charge in [0.2, 0.25) is 0 Å². The fourth-order valence-corrected chi connectivity index (χ4v) is 3.11. The van der Waals surface area contributed by atoms with E-state index in [-0.39, 0.29) is 10.8 Å². The van der Waals surface area contributed by atoms with E-state index >= 15 is 0 Å². The minimum Gasteiger partial charge on any atom is -0.392 e. The SMILES string of the molecule is CCC(O)CNS(=O)(=O)c1cnc(C)s1. The normalized spacial score (nSPS) is 14.1. The highest BCUT2D eigenvalue weighted by molar-refractivity contribution is 7.91. The number of nitrogens with one attached hydrogen (secondary N) is 1. The van der Waals surface area contributed by atoms with Crippen molar-refractivity contribution >= 4 is 21.4 Å². The molecule has 1 aromatic heterocycles. The first kappa shape index (κ1) is 12.6. The van der Waals surface area contributed by atoms with E-state index in [1.54, 1.807) is 13.8 Å². The number of thiazole rings is 1. The van der Waals surface area contributed by atoms with Gasteiger partial charge in [0, 0.05) is 6.54 Å². The Morgan fingerprint density at radius 1 is 1.67 bits per heavy atom. The van der Waals surface area contributed by atoms with E-state index in [2.05, 4.69) is 9.71 Å². The summed E-state index contributed by atoms with van der Waals surface area (Å²) in [5.74, 6) is 0. The number of aliphatic hydroxyl groups is 1. The molecule has 0 bridgehead atoms. The smallest absolute Gasteiger partial charge is 0.251 e. The predicted octanol–water partition coefficient (Wildman–Crippen LogP) is 0.501. The molecule has 1 atom stereocenters. The van der Waals surface area contributed by atoms with Crippen LogP contribution in [0.25, 0.3) is 0 Å². The predicted molar refractivity (Wildman–Crippen MR) is 58.3 cm³/mol. The Morgan fingerprint density at radius 2 is 2.33 bits per heavy atom. The highest BCUT2D eigenvalue weighted by atomic mass is 32.2. The Bertz CT molecular complexity index is 413. The maximum atomic E-state index is 11.6. The lowest BCUT2D eigenvalue weighted by Crippen LogP contribution is -2.31. The Morgan fingerprint density at radius 3 is 2.80 bits per heavy atom. The summed E-state index contributed by atoms with van der Waals surface area (Å²) in [4.78, 5) is 3.87. The molecular weight excluding hydrogens is 236 g/mol. The van der Waals surface area contributed by atoms with Crippen molar-refractivity contribution in [3.05, 3.63) is 11.2 Å². The Labute approximate surface area is 93.2 Å². The first-order valence-electron chi connectivity index (χ1n) is 4.56. The molecule has 0 aliphatic rings. The number of nitrogens with zero attached hydrogens (tertiary/aromatic N) is 1. The number of hydrogen-bond acceptors (Lipinski definition) is 5. The van der Waals surface area contributed by atoms with E-state index in [0.717, 1.165) is 11.3 Å². The number of aliphatic hydroxyl groups excluding tert-OH is 1. The first-order valence-corrected chi connectivity index (χ1v) is 6.86. The molecule has 0 saturated heterocycles. The molecule has 1 heterocycles.